The molecule has 1 atom stereocenters. The lowest BCUT2D eigenvalue weighted by Gasteiger charge is -2.12. The molecule has 0 aliphatic rings. The maximum atomic E-state index is 11.4. The zero-order chi connectivity index (χ0) is 12.8. The van der Waals surface area contributed by atoms with E-state index in [4.69, 9.17) is 10.2 Å². The van der Waals surface area contributed by atoms with Gasteiger partial charge >= 0.3 is 12.0 Å². The maximum Gasteiger partial charge on any atom is 0.328 e. The van der Waals surface area contributed by atoms with E-state index in [-0.39, 0.29) is 0 Å². The molecular weight excluding hydrogens is 292 g/mol. The molecule has 0 heterocycles. The van der Waals surface area contributed by atoms with Crippen LogP contribution in [-0.2, 0) is 4.79 Å². The average molecular weight is 303 g/mol. The molecule has 0 fully saturated rings. The lowest BCUT2D eigenvalue weighted by Crippen LogP contribution is -2.45. The smallest absolute Gasteiger partial charge is 0.328 e. The molecule has 0 bridgehead atoms. The number of rotatable bonds is 4. The molecule has 1 aromatic carbocycles. The maximum absolute atomic E-state index is 11.4. The van der Waals surface area contributed by atoms with Crippen molar-refractivity contribution in [3.05, 3.63) is 28.7 Å². The van der Waals surface area contributed by atoms with Crippen LogP contribution in [0.3, 0.4) is 0 Å². The molecule has 4 N–H and O–H groups in total. The largest absolute Gasteiger partial charge is 0.480 e. The van der Waals surface area contributed by atoms with Gasteiger partial charge in [-0.3, -0.25) is 0 Å². The first-order chi connectivity index (χ1) is 8.02. The molecule has 0 aliphatic heterocycles. The SMILES string of the molecule is O=C(Nc1cccc(Br)c1)NC(CO)C(=O)O. The van der Waals surface area contributed by atoms with Crippen molar-refractivity contribution in [1.82, 2.24) is 5.32 Å². The monoisotopic (exact) mass is 302 g/mol. The molecule has 1 aromatic rings. The first-order valence-corrected chi connectivity index (χ1v) is 5.49. The Hall–Kier alpha value is -1.60. The number of nitrogens with one attached hydrogen (secondary N) is 2. The highest BCUT2D eigenvalue weighted by Gasteiger charge is 2.18. The summed E-state index contributed by atoms with van der Waals surface area (Å²) in [6.07, 6.45) is 0. The summed E-state index contributed by atoms with van der Waals surface area (Å²) >= 11 is 3.23. The number of hydrogen-bond acceptors (Lipinski definition) is 3. The van der Waals surface area contributed by atoms with Crippen LogP contribution in [0.4, 0.5) is 10.5 Å². The number of carboxylic acids is 1. The van der Waals surface area contributed by atoms with Crippen LogP contribution in [0.25, 0.3) is 0 Å². The van der Waals surface area contributed by atoms with E-state index in [1.807, 2.05) is 0 Å². The van der Waals surface area contributed by atoms with Crippen molar-refractivity contribution in [2.45, 2.75) is 6.04 Å². The van der Waals surface area contributed by atoms with Crippen molar-refractivity contribution in [2.75, 3.05) is 11.9 Å². The highest BCUT2D eigenvalue weighted by atomic mass is 79.9. The molecule has 6 nitrogen and oxygen atoms in total. The zero-order valence-corrected chi connectivity index (χ0v) is 10.3. The number of carbonyl (C=O) groups excluding carboxylic acids is 1. The molecule has 92 valence electrons. The van der Waals surface area contributed by atoms with E-state index in [2.05, 4.69) is 26.6 Å². The van der Waals surface area contributed by atoms with Crippen molar-refractivity contribution in [3.8, 4) is 0 Å². The molecule has 0 radical (unpaired) electrons. The minimum absolute atomic E-state index is 0.513. The van der Waals surface area contributed by atoms with Crippen molar-refractivity contribution in [2.24, 2.45) is 0 Å². The number of aliphatic hydroxyl groups excluding tert-OH is 1. The molecule has 0 saturated carbocycles. The van der Waals surface area contributed by atoms with Crippen LogP contribution < -0.4 is 10.6 Å². The predicted octanol–water partition coefficient (Wildman–Crippen LogP) is 1.02. The first kappa shape index (κ1) is 13.5. The Labute approximate surface area is 106 Å². The van der Waals surface area contributed by atoms with E-state index in [0.29, 0.717) is 5.69 Å². The van der Waals surface area contributed by atoms with Gasteiger partial charge < -0.3 is 20.8 Å². The highest BCUT2D eigenvalue weighted by Crippen LogP contribution is 2.15. The van der Waals surface area contributed by atoms with Crippen LogP contribution in [-0.4, -0.2) is 34.9 Å². The summed E-state index contributed by atoms with van der Waals surface area (Å²) in [6, 6.07) is 4.82. The van der Waals surface area contributed by atoms with E-state index in [0.717, 1.165) is 4.47 Å². The number of urea groups is 1. The Morgan fingerprint density at radius 1 is 1.41 bits per heavy atom. The third kappa shape index (κ3) is 4.41. The van der Waals surface area contributed by atoms with Gasteiger partial charge in [-0.2, -0.15) is 0 Å². The fourth-order valence-electron chi connectivity index (χ4n) is 1.08. The van der Waals surface area contributed by atoms with Crippen LogP contribution in [0.15, 0.2) is 28.7 Å². The van der Waals surface area contributed by atoms with E-state index in [1.165, 1.54) is 0 Å². The summed E-state index contributed by atoms with van der Waals surface area (Å²) in [5, 5.41) is 21.9. The highest BCUT2D eigenvalue weighted by molar-refractivity contribution is 9.10. The summed E-state index contributed by atoms with van der Waals surface area (Å²) < 4.78 is 0.784. The van der Waals surface area contributed by atoms with Gasteiger partial charge in [0, 0.05) is 10.2 Å². The number of amides is 2. The number of benzene rings is 1. The fourth-order valence-corrected chi connectivity index (χ4v) is 1.48. The normalized spacial score (nSPS) is 11.6. The Bertz CT molecular complexity index is 425. The lowest BCUT2D eigenvalue weighted by atomic mass is 10.3. The summed E-state index contributed by atoms with van der Waals surface area (Å²) in [7, 11) is 0. The Balaban J connectivity index is 2.58. The molecule has 0 aromatic heterocycles. The fraction of sp³-hybridized carbons (Fsp3) is 0.200. The second kappa shape index (κ2) is 6.21. The van der Waals surface area contributed by atoms with Gasteiger partial charge in [-0.05, 0) is 18.2 Å². The Morgan fingerprint density at radius 3 is 2.65 bits per heavy atom. The molecule has 2 amide bonds. The van der Waals surface area contributed by atoms with Crippen molar-refractivity contribution < 1.29 is 19.8 Å². The second-order valence-corrected chi connectivity index (χ2v) is 4.10. The number of aliphatic carboxylic acids is 1. The number of carboxylic acid groups (broad SMARTS) is 1. The summed E-state index contributed by atoms with van der Waals surface area (Å²) in [6.45, 7) is -0.665. The number of aliphatic hydroxyl groups is 1. The summed E-state index contributed by atoms with van der Waals surface area (Å²) in [4.78, 5) is 21.9. The molecular formula is C10H11BrN2O4. The molecule has 1 unspecified atom stereocenters. The quantitative estimate of drug-likeness (QED) is 0.667. The standard InChI is InChI=1S/C10H11BrN2O4/c11-6-2-1-3-7(4-6)12-10(17)13-8(5-14)9(15)16/h1-4,8,14H,5H2,(H,15,16)(H2,12,13,17). The van der Waals surface area contributed by atoms with E-state index in [1.54, 1.807) is 24.3 Å². The summed E-state index contributed by atoms with van der Waals surface area (Å²) in [5.74, 6) is -1.29. The lowest BCUT2D eigenvalue weighted by molar-refractivity contribution is -0.140. The Kier molecular flexibility index (Phi) is 4.92. The van der Waals surface area contributed by atoms with Gasteiger partial charge in [-0.1, -0.05) is 22.0 Å². The van der Waals surface area contributed by atoms with Crippen LogP contribution in [0.1, 0.15) is 0 Å². The molecule has 7 heteroatoms. The number of carbonyl (C=O) groups is 2. The molecule has 17 heavy (non-hydrogen) atoms. The van der Waals surface area contributed by atoms with Crippen molar-refractivity contribution >= 4 is 33.6 Å². The molecule has 0 spiro atoms. The van der Waals surface area contributed by atoms with Crippen LogP contribution in [0, 0.1) is 0 Å². The molecule has 0 aliphatic carbocycles. The second-order valence-electron chi connectivity index (χ2n) is 3.18. The number of halogens is 1. The molecule has 0 saturated heterocycles. The van der Waals surface area contributed by atoms with Gasteiger partial charge in [-0.25, -0.2) is 9.59 Å². The van der Waals surface area contributed by atoms with Crippen molar-refractivity contribution in [3.63, 3.8) is 0 Å². The van der Waals surface area contributed by atoms with Gasteiger partial charge in [0.25, 0.3) is 0 Å². The zero-order valence-electron chi connectivity index (χ0n) is 8.68. The third-order valence-corrected chi connectivity index (χ3v) is 2.36. The van der Waals surface area contributed by atoms with Crippen LogP contribution in [0.5, 0.6) is 0 Å². The molecule has 1 rings (SSSR count). The van der Waals surface area contributed by atoms with Crippen LogP contribution in [0.2, 0.25) is 0 Å². The minimum Gasteiger partial charge on any atom is -0.480 e. The van der Waals surface area contributed by atoms with Gasteiger partial charge in [0.05, 0.1) is 6.61 Å². The number of anilines is 1. The predicted molar refractivity (Wildman–Crippen MR) is 64.8 cm³/mol. The van der Waals surface area contributed by atoms with E-state index in [9.17, 15) is 9.59 Å². The first-order valence-electron chi connectivity index (χ1n) is 4.69. The van der Waals surface area contributed by atoms with Gasteiger partial charge in [0.15, 0.2) is 6.04 Å². The average Bonchev–Trinajstić information content (AvgIpc) is 2.25. The topological polar surface area (TPSA) is 98.7 Å². The van der Waals surface area contributed by atoms with E-state index < -0.39 is 24.6 Å². The van der Waals surface area contributed by atoms with Crippen LogP contribution >= 0.6 is 15.9 Å². The van der Waals surface area contributed by atoms with Crippen molar-refractivity contribution in [1.29, 1.82) is 0 Å². The minimum atomic E-state index is -1.32. The third-order valence-electron chi connectivity index (χ3n) is 1.87. The van der Waals surface area contributed by atoms with E-state index >= 15 is 0 Å². The van der Waals surface area contributed by atoms with Gasteiger partial charge in [0.2, 0.25) is 0 Å². The summed E-state index contributed by atoms with van der Waals surface area (Å²) in [5.41, 5.74) is 0.513. The van der Waals surface area contributed by atoms with Gasteiger partial charge in [-0.15, -0.1) is 0 Å². The Morgan fingerprint density at radius 2 is 2.12 bits per heavy atom. The number of hydrogen-bond donors (Lipinski definition) is 4. The van der Waals surface area contributed by atoms with Gasteiger partial charge in [0.1, 0.15) is 0 Å².